The van der Waals surface area contributed by atoms with Crippen LogP contribution in [0.1, 0.15) is 25.7 Å². The van der Waals surface area contributed by atoms with E-state index in [-0.39, 0.29) is 0 Å². The summed E-state index contributed by atoms with van der Waals surface area (Å²) in [5, 5.41) is 10.6. The molecule has 1 aromatic rings. The average molecular weight is 347 g/mol. The van der Waals surface area contributed by atoms with Gasteiger partial charge in [-0.1, -0.05) is 12.8 Å². The molecule has 3 fully saturated rings. The van der Waals surface area contributed by atoms with Gasteiger partial charge < -0.3 is 19.6 Å². The molecule has 1 aliphatic carbocycles. The molecule has 7 heteroatoms. The lowest BCUT2D eigenvalue weighted by molar-refractivity contribution is 0.00799. The first-order valence-electron chi connectivity index (χ1n) is 9.56. The second kappa shape index (κ2) is 7.43. The van der Waals surface area contributed by atoms with Crippen molar-refractivity contribution in [3.05, 3.63) is 12.4 Å². The Kier molecular flexibility index (Phi) is 5.05. The number of β-amino-alcohol motifs (C(OH)–C–C–N with tert-alkyl or cyclic N) is 1. The molecule has 0 unspecified atom stereocenters. The highest BCUT2D eigenvalue weighted by Gasteiger charge is 2.34. The van der Waals surface area contributed by atoms with Gasteiger partial charge in [0.2, 0.25) is 0 Å². The molecule has 3 heterocycles. The van der Waals surface area contributed by atoms with E-state index in [0.717, 1.165) is 83.5 Å². The summed E-state index contributed by atoms with van der Waals surface area (Å²) in [7, 11) is 0. The first kappa shape index (κ1) is 17.0. The highest BCUT2D eigenvalue weighted by atomic mass is 16.5. The van der Waals surface area contributed by atoms with Crippen molar-refractivity contribution >= 4 is 11.6 Å². The zero-order valence-corrected chi connectivity index (χ0v) is 14.9. The second-order valence-electron chi connectivity index (χ2n) is 7.53. The van der Waals surface area contributed by atoms with Gasteiger partial charge in [0.05, 0.1) is 18.8 Å². The Morgan fingerprint density at radius 2 is 1.52 bits per heavy atom. The molecule has 0 spiro atoms. The van der Waals surface area contributed by atoms with Crippen molar-refractivity contribution in [2.24, 2.45) is 0 Å². The van der Waals surface area contributed by atoms with Crippen molar-refractivity contribution < 1.29 is 9.84 Å². The zero-order chi connectivity index (χ0) is 17.1. The first-order valence-corrected chi connectivity index (χ1v) is 9.56. The molecule has 1 N–H and O–H groups in total. The summed E-state index contributed by atoms with van der Waals surface area (Å²) in [6.45, 7) is 8.01. The van der Waals surface area contributed by atoms with E-state index in [1.807, 2.05) is 0 Å². The molecule has 138 valence electrons. The van der Waals surface area contributed by atoms with E-state index in [1.54, 1.807) is 6.33 Å². The van der Waals surface area contributed by atoms with Crippen LogP contribution in [-0.2, 0) is 4.74 Å². The Morgan fingerprint density at radius 1 is 0.920 bits per heavy atom. The quantitative estimate of drug-likeness (QED) is 0.862. The third-order valence-electron chi connectivity index (χ3n) is 5.72. The Hall–Kier alpha value is -1.44. The molecule has 25 heavy (non-hydrogen) atoms. The number of aromatic nitrogens is 2. The largest absolute Gasteiger partial charge is 0.389 e. The third kappa shape index (κ3) is 4.04. The van der Waals surface area contributed by atoms with Gasteiger partial charge in [-0.3, -0.25) is 4.90 Å². The number of anilines is 2. The second-order valence-corrected chi connectivity index (χ2v) is 7.53. The summed E-state index contributed by atoms with van der Waals surface area (Å²) < 4.78 is 5.42. The van der Waals surface area contributed by atoms with Gasteiger partial charge >= 0.3 is 0 Å². The smallest absolute Gasteiger partial charge is 0.134 e. The standard InChI is InChI=1S/C18H29N5O2/c24-18(3-1-2-4-18)14-21-5-7-22(8-6-21)16-13-17(20-15-19-16)23-9-11-25-12-10-23/h13,15,24H,1-12,14H2. The number of piperazine rings is 1. The molecule has 4 rings (SSSR count). The molecule has 3 aliphatic rings. The van der Waals surface area contributed by atoms with Crippen molar-refractivity contribution in [1.82, 2.24) is 14.9 Å². The Balaban J connectivity index is 1.34. The molecular weight excluding hydrogens is 318 g/mol. The molecule has 2 aliphatic heterocycles. The van der Waals surface area contributed by atoms with E-state index in [1.165, 1.54) is 12.8 Å². The molecule has 1 saturated carbocycles. The summed E-state index contributed by atoms with van der Waals surface area (Å²) in [5.74, 6) is 2.01. The van der Waals surface area contributed by atoms with Gasteiger partial charge in [0, 0.05) is 51.9 Å². The van der Waals surface area contributed by atoms with Crippen LogP contribution in [0, 0.1) is 0 Å². The highest BCUT2D eigenvalue weighted by Crippen LogP contribution is 2.30. The minimum absolute atomic E-state index is 0.444. The molecular formula is C18H29N5O2. The number of hydrogen-bond donors (Lipinski definition) is 1. The van der Waals surface area contributed by atoms with Crippen LogP contribution >= 0.6 is 0 Å². The van der Waals surface area contributed by atoms with Crippen LogP contribution in [0.25, 0.3) is 0 Å². The van der Waals surface area contributed by atoms with Crippen molar-refractivity contribution in [1.29, 1.82) is 0 Å². The van der Waals surface area contributed by atoms with Crippen molar-refractivity contribution in [3.63, 3.8) is 0 Å². The molecule has 0 radical (unpaired) electrons. The van der Waals surface area contributed by atoms with E-state index < -0.39 is 5.60 Å². The van der Waals surface area contributed by atoms with Gasteiger partial charge in [-0.2, -0.15) is 0 Å². The van der Waals surface area contributed by atoms with Crippen LogP contribution in [-0.4, -0.2) is 84.6 Å². The number of nitrogens with zero attached hydrogens (tertiary/aromatic N) is 5. The van der Waals surface area contributed by atoms with E-state index in [2.05, 4.69) is 30.7 Å². The number of rotatable bonds is 4. The highest BCUT2D eigenvalue weighted by molar-refractivity contribution is 5.50. The van der Waals surface area contributed by atoms with Gasteiger partial charge in [0.25, 0.3) is 0 Å². The first-order chi connectivity index (χ1) is 12.2. The summed E-state index contributed by atoms with van der Waals surface area (Å²) in [4.78, 5) is 15.9. The number of morpholine rings is 1. The van der Waals surface area contributed by atoms with Crippen molar-refractivity contribution in [2.75, 3.05) is 68.8 Å². The topological polar surface area (TPSA) is 65.0 Å². The predicted octanol–water partition coefficient (Wildman–Crippen LogP) is 0.740. The molecule has 7 nitrogen and oxygen atoms in total. The van der Waals surface area contributed by atoms with Crippen LogP contribution < -0.4 is 9.80 Å². The predicted molar refractivity (Wildman–Crippen MR) is 97.1 cm³/mol. The Morgan fingerprint density at radius 3 is 2.16 bits per heavy atom. The Bertz CT molecular complexity index is 564. The fraction of sp³-hybridized carbons (Fsp3) is 0.778. The normalized spacial score (nSPS) is 24.7. The molecule has 1 aromatic heterocycles. The van der Waals surface area contributed by atoms with Gasteiger partial charge in [-0.05, 0) is 12.8 Å². The zero-order valence-electron chi connectivity index (χ0n) is 14.9. The van der Waals surface area contributed by atoms with Crippen LogP contribution in [0.15, 0.2) is 12.4 Å². The fourth-order valence-electron chi connectivity index (χ4n) is 4.22. The minimum atomic E-state index is -0.444. The molecule has 0 atom stereocenters. The van der Waals surface area contributed by atoms with Crippen LogP contribution in [0.5, 0.6) is 0 Å². The maximum atomic E-state index is 10.6. The molecule has 0 aromatic carbocycles. The monoisotopic (exact) mass is 347 g/mol. The minimum Gasteiger partial charge on any atom is -0.389 e. The summed E-state index contributed by atoms with van der Waals surface area (Å²) in [5.41, 5.74) is -0.444. The number of aliphatic hydroxyl groups is 1. The number of hydrogen-bond acceptors (Lipinski definition) is 7. The van der Waals surface area contributed by atoms with Gasteiger partial charge in [-0.25, -0.2) is 9.97 Å². The third-order valence-corrected chi connectivity index (χ3v) is 5.72. The lowest BCUT2D eigenvalue weighted by Gasteiger charge is -2.39. The summed E-state index contributed by atoms with van der Waals surface area (Å²) >= 11 is 0. The molecule has 2 saturated heterocycles. The number of ether oxygens (including phenoxy) is 1. The van der Waals surface area contributed by atoms with Crippen LogP contribution in [0.4, 0.5) is 11.6 Å². The molecule has 0 bridgehead atoms. The van der Waals surface area contributed by atoms with Gasteiger partial charge in [-0.15, -0.1) is 0 Å². The van der Waals surface area contributed by atoms with Crippen LogP contribution in [0.2, 0.25) is 0 Å². The maximum absolute atomic E-state index is 10.6. The van der Waals surface area contributed by atoms with Crippen LogP contribution in [0.3, 0.4) is 0 Å². The van der Waals surface area contributed by atoms with E-state index in [9.17, 15) is 5.11 Å². The SMILES string of the molecule is OC1(CN2CCN(c3cc(N4CCOCC4)ncn3)CC2)CCCC1. The molecule has 0 amide bonds. The van der Waals surface area contributed by atoms with Gasteiger partial charge in [0.15, 0.2) is 0 Å². The lowest BCUT2D eigenvalue weighted by atomic mass is 10.0. The summed E-state index contributed by atoms with van der Waals surface area (Å²) in [6, 6.07) is 2.10. The fourth-order valence-corrected chi connectivity index (χ4v) is 4.22. The van der Waals surface area contributed by atoms with E-state index >= 15 is 0 Å². The van der Waals surface area contributed by atoms with Crippen molar-refractivity contribution in [2.45, 2.75) is 31.3 Å². The average Bonchev–Trinajstić information content (AvgIpc) is 3.09. The van der Waals surface area contributed by atoms with Gasteiger partial charge in [0.1, 0.15) is 18.0 Å². The maximum Gasteiger partial charge on any atom is 0.134 e. The summed E-state index contributed by atoms with van der Waals surface area (Å²) in [6.07, 6.45) is 5.93. The van der Waals surface area contributed by atoms with Crippen molar-refractivity contribution in [3.8, 4) is 0 Å². The Labute approximate surface area is 149 Å². The van der Waals surface area contributed by atoms with E-state index in [0.29, 0.717) is 0 Å². The lowest BCUT2D eigenvalue weighted by Crippen LogP contribution is -2.51. The van der Waals surface area contributed by atoms with E-state index in [4.69, 9.17) is 4.74 Å².